The van der Waals surface area contributed by atoms with Crippen LogP contribution in [0.4, 0.5) is 11.4 Å². The molecule has 128 valence electrons. The van der Waals surface area contributed by atoms with Crippen LogP contribution in [-0.2, 0) is 10.0 Å². The Balaban J connectivity index is 1.59. The smallest absolute Gasteiger partial charge is 0.214 e. The van der Waals surface area contributed by atoms with Crippen LogP contribution in [0.3, 0.4) is 0 Å². The lowest BCUT2D eigenvalue weighted by atomic mass is 10.2. The van der Waals surface area contributed by atoms with E-state index in [-0.39, 0.29) is 5.75 Å². The van der Waals surface area contributed by atoms with Gasteiger partial charge in [0.2, 0.25) is 10.0 Å². The van der Waals surface area contributed by atoms with Crippen LogP contribution >= 0.6 is 0 Å². The predicted molar refractivity (Wildman–Crippen MR) is 95.8 cm³/mol. The Morgan fingerprint density at radius 1 is 0.826 bits per heavy atom. The summed E-state index contributed by atoms with van der Waals surface area (Å²) in [7, 11) is -3.06. The minimum absolute atomic E-state index is 0.261. The monoisotopic (exact) mass is 337 g/mol. The van der Waals surface area contributed by atoms with Gasteiger partial charge in [0.05, 0.1) is 5.75 Å². The molecule has 2 aliphatic heterocycles. The van der Waals surface area contributed by atoms with Gasteiger partial charge in [-0.05, 0) is 43.5 Å². The van der Waals surface area contributed by atoms with Crippen LogP contribution in [-0.4, -0.2) is 57.7 Å². The van der Waals surface area contributed by atoms with Gasteiger partial charge < -0.3 is 9.80 Å². The summed E-state index contributed by atoms with van der Waals surface area (Å²) in [6.07, 6.45) is 3.26. The zero-order valence-electron chi connectivity index (χ0n) is 13.9. The van der Waals surface area contributed by atoms with Gasteiger partial charge in [-0.3, -0.25) is 0 Å². The van der Waals surface area contributed by atoms with E-state index in [9.17, 15) is 8.42 Å². The lowest BCUT2D eigenvalue weighted by Crippen LogP contribution is -2.49. The molecule has 3 rings (SSSR count). The number of piperazine rings is 1. The zero-order valence-corrected chi connectivity index (χ0v) is 14.8. The van der Waals surface area contributed by atoms with Crippen LogP contribution in [0.15, 0.2) is 24.3 Å². The second kappa shape index (κ2) is 7.09. The summed E-state index contributed by atoms with van der Waals surface area (Å²) in [5.41, 5.74) is 2.50. The van der Waals surface area contributed by atoms with Crippen molar-refractivity contribution in [2.45, 2.75) is 26.2 Å². The van der Waals surface area contributed by atoms with Gasteiger partial charge in [-0.1, -0.05) is 6.92 Å². The summed E-state index contributed by atoms with van der Waals surface area (Å²) in [4.78, 5) is 4.71. The van der Waals surface area contributed by atoms with E-state index in [1.165, 1.54) is 24.2 Å². The van der Waals surface area contributed by atoms with E-state index < -0.39 is 10.0 Å². The van der Waals surface area contributed by atoms with Crippen LogP contribution < -0.4 is 9.80 Å². The first-order chi connectivity index (χ1) is 11.1. The molecule has 0 bridgehead atoms. The van der Waals surface area contributed by atoms with Crippen molar-refractivity contribution in [3.05, 3.63) is 24.3 Å². The quantitative estimate of drug-likeness (QED) is 0.826. The lowest BCUT2D eigenvalue weighted by Gasteiger charge is -2.35. The Hall–Kier alpha value is -1.27. The Morgan fingerprint density at radius 3 is 1.78 bits per heavy atom. The SMILES string of the molecule is CCCS(=O)(=O)N1CCN(c2ccc(N3CCCC3)cc2)CC1. The van der Waals surface area contributed by atoms with E-state index >= 15 is 0 Å². The molecule has 0 aliphatic carbocycles. The average Bonchev–Trinajstić information content (AvgIpc) is 3.10. The molecule has 0 N–H and O–H groups in total. The van der Waals surface area contributed by atoms with Crippen LogP contribution in [0.25, 0.3) is 0 Å². The van der Waals surface area contributed by atoms with Gasteiger partial charge in [0.25, 0.3) is 0 Å². The largest absolute Gasteiger partial charge is 0.372 e. The fourth-order valence-electron chi connectivity index (χ4n) is 3.46. The van der Waals surface area contributed by atoms with Gasteiger partial charge in [0, 0.05) is 50.6 Å². The van der Waals surface area contributed by atoms with Crippen molar-refractivity contribution in [3.63, 3.8) is 0 Å². The van der Waals surface area contributed by atoms with Crippen LogP contribution in [0.2, 0.25) is 0 Å². The van der Waals surface area contributed by atoms with Crippen molar-refractivity contribution in [2.24, 2.45) is 0 Å². The molecule has 0 radical (unpaired) electrons. The Bertz CT molecular complexity index is 601. The van der Waals surface area contributed by atoms with Crippen molar-refractivity contribution in [3.8, 4) is 0 Å². The van der Waals surface area contributed by atoms with Gasteiger partial charge in [-0.2, -0.15) is 4.31 Å². The van der Waals surface area contributed by atoms with Crippen molar-refractivity contribution in [1.82, 2.24) is 4.31 Å². The normalized spacial score (nSPS) is 20.2. The summed E-state index contributed by atoms with van der Waals surface area (Å²) in [6, 6.07) is 8.73. The van der Waals surface area contributed by atoms with E-state index in [1.54, 1.807) is 4.31 Å². The first-order valence-electron chi connectivity index (χ1n) is 8.68. The maximum Gasteiger partial charge on any atom is 0.214 e. The van der Waals surface area contributed by atoms with E-state index in [0.717, 1.165) is 26.2 Å². The molecule has 0 unspecified atom stereocenters. The molecule has 2 saturated heterocycles. The highest BCUT2D eigenvalue weighted by molar-refractivity contribution is 7.89. The molecule has 6 heteroatoms. The molecular weight excluding hydrogens is 310 g/mol. The van der Waals surface area contributed by atoms with Crippen molar-refractivity contribution in [2.75, 3.05) is 54.8 Å². The number of rotatable bonds is 5. The number of hydrogen-bond donors (Lipinski definition) is 0. The third kappa shape index (κ3) is 3.80. The number of sulfonamides is 1. The van der Waals surface area contributed by atoms with Crippen LogP contribution in [0.5, 0.6) is 0 Å². The van der Waals surface area contributed by atoms with Gasteiger partial charge >= 0.3 is 0 Å². The Labute approximate surface area is 139 Å². The minimum Gasteiger partial charge on any atom is -0.372 e. The highest BCUT2D eigenvalue weighted by Crippen LogP contribution is 2.24. The molecule has 2 heterocycles. The van der Waals surface area contributed by atoms with Crippen molar-refractivity contribution in [1.29, 1.82) is 0 Å². The summed E-state index contributed by atoms with van der Waals surface area (Å²) in [6.45, 7) is 6.96. The molecule has 1 aromatic rings. The number of hydrogen-bond acceptors (Lipinski definition) is 4. The standard InChI is InChI=1S/C17H27N3O2S/c1-2-15-23(21,22)20-13-11-19(12-14-20)17-7-5-16(6-8-17)18-9-3-4-10-18/h5-8H,2-4,9-15H2,1H3. The lowest BCUT2D eigenvalue weighted by molar-refractivity contribution is 0.384. The third-order valence-electron chi connectivity index (χ3n) is 4.78. The summed E-state index contributed by atoms with van der Waals surface area (Å²) in [5.74, 6) is 0.261. The third-order valence-corrected chi connectivity index (χ3v) is 6.86. The summed E-state index contributed by atoms with van der Waals surface area (Å²) < 4.78 is 25.9. The predicted octanol–water partition coefficient (Wildman–Crippen LogP) is 2.15. The minimum atomic E-state index is -3.06. The van der Waals surface area contributed by atoms with Gasteiger partial charge in [0.15, 0.2) is 0 Å². The molecule has 23 heavy (non-hydrogen) atoms. The molecule has 1 aromatic carbocycles. The molecular formula is C17H27N3O2S. The fourth-order valence-corrected chi connectivity index (χ4v) is 4.95. The summed E-state index contributed by atoms with van der Waals surface area (Å²) in [5, 5.41) is 0. The first kappa shape index (κ1) is 16.6. The molecule has 5 nitrogen and oxygen atoms in total. The molecule has 0 spiro atoms. The first-order valence-corrected chi connectivity index (χ1v) is 10.3. The van der Waals surface area contributed by atoms with E-state index in [0.29, 0.717) is 19.5 Å². The molecule has 0 saturated carbocycles. The molecule has 0 atom stereocenters. The van der Waals surface area contributed by atoms with E-state index in [2.05, 4.69) is 34.1 Å². The maximum atomic E-state index is 12.1. The van der Waals surface area contributed by atoms with Gasteiger partial charge in [-0.15, -0.1) is 0 Å². The highest BCUT2D eigenvalue weighted by Gasteiger charge is 2.26. The summed E-state index contributed by atoms with van der Waals surface area (Å²) >= 11 is 0. The number of nitrogens with zero attached hydrogens (tertiary/aromatic N) is 3. The van der Waals surface area contributed by atoms with E-state index in [4.69, 9.17) is 0 Å². The number of anilines is 2. The number of benzene rings is 1. The van der Waals surface area contributed by atoms with Crippen molar-refractivity contribution >= 4 is 21.4 Å². The fraction of sp³-hybridized carbons (Fsp3) is 0.647. The molecule has 2 fully saturated rings. The Morgan fingerprint density at radius 2 is 1.30 bits per heavy atom. The maximum absolute atomic E-state index is 12.1. The van der Waals surface area contributed by atoms with Gasteiger partial charge in [0.1, 0.15) is 0 Å². The highest BCUT2D eigenvalue weighted by atomic mass is 32.2. The molecule has 2 aliphatic rings. The average molecular weight is 337 g/mol. The molecule has 0 aromatic heterocycles. The zero-order chi connectivity index (χ0) is 16.3. The van der Waals surface area contributed by atoms with Crippen LogP contribution in [0, 0.1) is 0 Å². The Kier molecular flexibility index (Phi) is 5.11. The van der Waals surface area contributed by atoms with Crippen LogP contribution in [0.1, 0.15) is 26.2 Å². The topological polar surface area (TPSA) is 43.9 Å². The van der Waals surface area contributed by atoms with E-state index in [1.807, 2.05) is 6.92 Å². The second-order valence-corrected chi connectivity index (χ2v) is 8.50. The van der Waals surface area contributed by atoms with Crippen molar-refractivity contribution < 1.29 is 8.42 Å². The van der Waals surface area contributed by atoms with Gasteiger partial charge in [-0.25, -0.2) is 8.42 Å². The molecule has 0 amide bonds. The second-order valence-electron chi connectivity index (χ2n) is 6.41.